The summed E-state index contributed by atoms with van der Waals surface area (Å²) in [5.41, 5.74) is 9.49. The van der Waals surface area contributed by atoms with Crippen LogP contribution >= 0.6 is 12.6 Å². The number of benzene rings is 2. The van der Waals surface area contributed by atoms with Gasteiger partial charge in [0.15, 0.2) is 0 Å². The first kappa shape index (κ1) is 14.2. The molecule has 1 aliphatic rings. The summed E-state index contributed by atoms with van der Waals surface area (Å²) in [5.74, 6) is 0.679. The normalized spacial score (nSPS) is 17.5. The number of anilines is 1. The summed E-state index contributed by atoms with van der Waals surface area (Å²) < 4.78 is 0. The van der Waals surface area contributed by atoms with E-state index in [0.29, 0.717) is 17.1 Å². The molecule has 1 heterocycles. The Kier molecular flexibility index (Phi) is 3.86. The molecule has 5 heteroatoms. The van der Waals surface area contributed by atoms with Gasteiger partial charge in [-0.05, 0) is 29.8 Å². The van der Waals surface area contributed by atoms with Crippen LogP contribution in [0.5, 0.6) is 0 Å². The second-order valence-corrected chi connectivity index (χ2v) is 5.35. The van der Waals surface area contributed by atoms with Crippen LogP contribution in [-0.2, 0) is 0 Å². The van der Waals surface area contributed by atoms with Crippen LogP contribution in [-0.4, -0.2) is 11.2 Å². The lowest BCUT2D eigenvalue weighted by Gasteiger charge is -2.23. The number of rotatable bonds is 2. The van der Waals surface area contributed by atoms with E-state index in [-0.39, 0.29) is 0 Å². The van der Waals surface area contributed by atoms with Gasteiger partial charge >= 0.3 is 0 Å². The highest BCUT2D eigenvalue weighted by Crippen LogP contribution is 2.26. The highest BCUT2D eigenvalue weighted by Gasteiger charge is 2.23. The maximum atomic E-state index is 9.40. The van der Waals surface area contributed by atoms with Crippen molar-refractivity contribution in [3.63, 3.8) is 0 Å². The highest BCUT2D eigenvalue weighted by molar-refractivity contribution is 7.81. The third-order valence-electron chi connectivity index (χ3n) is 3.39. The number of hydrogen-bond donors (Lipinski definition) is 3. The minimum atomic E-state index is -0.492. The quantitative estimate of drug-likeness (QED) is 0.590. The van der Waals surface area contributed by atoms with Crippen molar-refractivity contribution in [2.45, 2.75) is 5.37 Å². The van der Waals surface area contributed by atoms with E-state index in [4.69, 9.17) is 5.73 Å². The number of nitrogens with two attached hydrogens (primary N) is 1. The third kappa shape index (κ3) is 2.69. The smallest absolute Gasteiger partial charge is 0.134 e. The van der Waals surface area contributed by atoms with Crippen LogP contribution in [0.25, 0.3) is 5.70 Å². The van der Waals surface area contributed by atoms with Gasteiger partial charge in [-0.25, -0.2) is 4.99 Å². The summed E-state index contributed by atoms with van der Waals surface area (Å²) in [6.07, 6.45) is 0. The number of nitriles is 1. The van der Waals surface area contributed by atoms with Crippen LogP contribution in [0.15, 0.2) is 65.2 Å². The fourth-order valence-corrected chi connectivity index (χ4v) is 2.57. The zero-order valence-corrected chi connectivity index (χ0v) is 12.6. The Morgan fingerprint density at radius 3 is 2.36 bits per heavy atom. The molecule has 1 aliphatic heterocycles. The number of hydrogen-bond acceptors (Lipinski definition) is 5. The fourth-order valence-electron chi connectivity index (χ4n) is 2.27. The molecule has 0 amide bonds. The van der Waals surface area contributed by atoms with Gasteiger partial charge in [-0.1, -0.05) is 30.3 Å². The van der Waals surface area contributed by atoms with Crippen LogP contribution in [0.1, 0.15) is 11.1 Å². The molecule has 108 valence electrons. The van der Waals surface area contributed by atoms with E-state index in [1.807, 2.05) is 54.6 Å². The molecule has 0 saturated carbocycles. The van der Waals surface area contributed by atoms with Crippen molar-refractivity contribution in [1.29, 1.82) is 5.26 Å². The highest BCUT2D eigenvalue weighted by atomic mass is 32.1. The lowest BCUT2D eigenvalue weighted by Crippen LogP contribution is -2.31. The average molecular weight is 306 g/mol. The Labute approximate surface area is 134 Å². The molecule has 4 nitrogen and oxygen atoms in total. The van der Waals surface area contributed by atoms with Gasteiger partial charge in [0, 0.05) is 11.3 Å². The first-order chi connectivity index (χ1) is 10.7. The van der Waals surface area contributed by atoms with Crippen LogP contribution < -0.4 is 11.1 Å². The van der Waals surface area contributed by atoms with Crippen LogP contribution in [0, 0.1) is 11.3 Å². The van der Waals surface area contributed by atoms with Crippen molar-refractivity contribution in [1.82, 2.24) is 5.32 Å². The van der Waals surface area contributed by atoms with E-state index in [1.54, 1.807) is 0 Å². The van der Waals surface area contributed by atoms with Gasteiger partial charge in [0.1, 0.15) is 17.3 Å². The molecule has 0 bridgehead atoms. The molecule has 0 aliphatic carbocycles. The predicted octanol–water partition coefficient (Wildman–Crippen LogP) is 2.81. The molecule has 0 aromatic heterocycles. The van der Waals surface area contributed by atoms with E-state index in [1.165, 1.54) is 0 Å². The minimum absolute atomic E-state index is 0.492. The van der Waals surface area contributed by atoms with Crippen molar-refractivity contribution in [2.24, 2.45) is 4.99 Å². The number of amidine groups is 1. The van der Waals surface area contributed by atoms with Crippen molar-refractivity contribution < 1.29 is 0 Å². The van der Waals surface area contributed by atoms with E-state index in [0.717, 1.165) is 16.8 Å². The summed E-state index contributed by atoms with van der Waals surface area (Å²) in [6, 6.07) is 19.3. The number of aliphatic imine (C=N–C) groups is 1. The second-order valence-electron chi connectivity index (χ2n) is 4.86. The van der Waals surface area contributed by atoms with Gasteiger partial charge in [0.05, 0.1) is 11.3 Å². The molecule has 2 aromatic carbocycles. The van der Waals surface area contributed by atoms with Crippen LogP contribution in [0.2, 0.25) is 0 Å². The van der Waals surface area contributed by atoms with Gasteiger partial charge in [-0.2, -0.15) is 5.26 Å². The van der Waals surface area contributed by atoms with Crippen LogP contribution in [0.3, 0.4) is 0 Å². The Morgan fingerprint density at radius 2 is 1.73 bits per heavy atom. The summed E-state index contributed by atoms with van der Waals surface area (Å²) in [6.45, 7) is 0. The van der Waals surface area contributed by atoms with Gasteiger partial charge in [-0.15, -0.1) is 12.6 Å². The Hall–Kier alpha value is -2.71. The summed E-state index contributed by atoms with van der Waals surface area (Å²) in [5, 5.41) is 12.2. The Bertz CT molecular complexity index is 786. The fraction of sp³-hybridized carbons (Fsp3) is 0.0588. The van der Waals surface area contributed by atoms with Crippen LogP contribution in [0.4, 0.5) is 5.69 Å². The first-order valence-electron chi connectivity index (χ1n) is 6.77. The van der Waals surface area contributed by atoms with Gasteiger partial charge in [0.25, 0.3) is 0 Å². The van der Waals surface area contributed by atoms with E-state index < -0.39 is 5.37 Å². The molecule has 3 N–H and O–H groups in total. The maximum Gasteiger partial charge on any atom is 0.134 e. The van der Waals surface area contributed by atoms with E-state index in [9.17, 15) is 5.26 Å². The molecule has 0 fully saturated rings. The number of nitrogen functional groups attached to an aromatic ring is 1. The molecule has 0 radical (unpaired) electrons. The van der Waals surface area contributed by atoms with Gasteiger partial charge in [-0.3, -0.25) is 0 Å². The number of thiol groups is 1. The lowest BCUT2D eigenvalue weighted by molar-refractivity contribution is 1.03. The summed E-state index contributed by atoms with van der Waals surface area (Å²) in [4.78, 5) is 4.46. The van der Waals surface area contributed by atoms with Gasteiger partial charge < -0.3 is 11.1 Å². The average Bonchev–Trinajstić information content (AvgIpc) is 2.55. The lowest BCUT2D eigenvalue weighted by atomic mass is 10.0. The largest absolute Gasteiger partial charge is 0.399 e. The van der Waals surface area contributed by atoms with Crippen molar-refractivity contribution >= 4 is 29.8 Å². The Morgan fingerprint density at radius 1 is 1.05 bits per heavy atom. The summed E-state index contributed by atoms with van der Waals surface area (Å²) in [7, 11) is 0. The standard InChI is InChI=1S/C17H14N4S/c18-10-14-15(11-4-2-1-3-5-11)20-16(21-17(14)22)12-6-8-13(19)9-7-12/h1-9,17,22H,19H2,(H,20,21). The van der Waals surface area contributed by atoms with Crippen molar-refractivity contribution in [3.8, 4) is 6.07 Å². The summed E-state index contributed by atoms with van der Waals surface area (Å²) >= 11 is 4.44. The van der Waals surface area contributed by atoms with E-state index >= 15 is 0 Å². The molecule has 0 saturated heterocycles. The van der Waals surface area contributed by atoms with Crippen molar-refractivity contribution in [2.75, 3.05) is 5.73 Å². The van der Waals surface area contributed by atoms with E-state index in [2.05, 4.69) is 29.0 Å². The number of nitrogens with one attached hydrogen (secondary N) is 1. The second kappa shape index (κ2) is 5.96. The molecule has 1 unspecified atom stereocenters. The number of nitrogens with zero attached hydrogens (tertiary/aromatic N) is 2. The zero-order valence-electron chi connectivity index (χ0n) is 11.7. The minimum Gasteiger partial charge on any atom is -0.399 e. The SMILES string of the molecule is N#CC1=C(c2ccccc2)NC(c2ccc(N)cc2)=NC1S. The molecule has 2 aromatic rings. The molecule has 3 rings (SSSR count). The van der Waals surface area contributed by atoms with Crippen molar-refractivity contribution in [3.05, 3.63) is 71.3 Å². The zero-order chi connectivity index (χ0) is 15.5. The Balaban J connectivity index is 2.02. The third-order valence-corrected chi connectivity index (χ3v) is 3.76. The first-order valence-corrected chi connectivity index (χ1v) is 7.29. The monoisotopic (exact) mass is 306 g/mol. The maximum absolute atomic E-state index is 9.40. The molecular formula is C17H14N4S. The molecular weight excluding hydrogens is 292 g/mol. The molecule has 1 atom stereocenters. The predicted molar refractivity (Wildman–Crippen MR) is 92.3 cm³/mol. The topological polar surface area (TPSA) is 74.2 Å². The van der Waals surface area contributed by atoms with Gasteiger partial charge in [0.2, 0.25) is 0 Å². The molecule has 0 spiro atoms. The molecule has 22 heavy (non-hydrogen) atoms.